The van der Waals surface area contributed by atoms with E-state index in [1.54, 1.807) is 17.1 Å². The van der Waals surface area contributed by atoms with Crippen LogP contribution in [0.3, 0.4) is 0 Å². The van der Waals surface area contributed by atoms with Crippen LogP contribution in [-0.4, -0.2) is 30.6 Å². The van der Waals surface area contributed by atoms with Crippen LogP contribution in [0.4, 0.5) is 4.79 Å². The number of carbonyl (C=O) groups is 1. The molecule has 0 fully saturated rings. The first kappa shape index (κ1) is 15.0. The molecule has 0 aliphatic heterocycles. The van der Waals surface area contributed by atoms with Gasteiger partial charge in [0.1, 0.15) is 0 Å². The molecule has 3 nitrogen and oxygen atoms in total. The highest BCUT2D eigenvalue weighted by Gasteiger charge is 2.08. The molecule has 0 aliphatic rings. The molecule has 0 atom stereocenters. The summed E-state index contributed by atoms with van der Waals surface area (Å²) < 4.78 is 0. The molecule has 102 valence electrons. The lowest BCUT2D eigenvalue weighted by molar-refractivity contribution is 0.208. The van der Waals surface area contributed by atoms with Gasteiger partial charge in [-0.3, -0.25) is 0 Å². The highest BCUT2D eigenvalue weighted by molar-refractivity contribution is 5.74. The molecule has 1 aromatic rings. The van der Waals surface area contributed by atoms with Crippen molar-refractivity contribution in [1.82, 2.24) is 10.2 Å². The summed E-state index contributed by atoms with van der Waals surface area (Å²) >= 11 is 0. The monoisotopic (exact) mass is 258 g/mol. The van der Waals surface area contributed by atoms with Crippen LogP contribution in [0.2, 0.25) is 0 Å². The molecular formula is C16H22N2O. The summed E-state index contributed by atoms with van der Waals surface area (Å²) in [6.07, 6.45) is 4.26. The minimum atomic E-state index is -0.0764. The zero-order chi connectivity index (χ0) is 14.1. The lowest BCUT2D eigenvalue weighted by Gasteiger charge is -2.19. The first-order valence-electron chi connectivity index (χ1n) is 6.47. The van der Waals surface area contributed by atoms with Crippen molar-refractivity contribution in [2.24, 2.45) is 0 Å². The van der Waals surface area contributed by atoms with Gasteiger partial charge in [0.15, 0.2) is 0 Å². The van der Waals surface area contributed by atoms with Gasteiger partial charge in [0.25, 0.3) is 0 Å². The molecule has 0 heterocycles. The molecule has 0 spiro atoms. The van der Waals surface area contributed by atoms with Crippen LogP contribution in [0.5, 0.6) is 0 Å². The van der Waals surface area contributed by atoms with Gasteiger partial charge in [-0.1, -0.05) is 42.0 Å². The maximum absolute atomic E-state index is 11.9. The van der Waals surface area contributed by atoms with Gasteiger partial charge in [-0.2, -0.15) is 0 Å². The second kappa shape index (κ2) is 8.14. The number of nitrogens with one attached hydrogen (secondary N) is 1. The Morgan fingerprint density at radius 1 is 1.32 bits per heavy atom. The number of amides is 2. The zero-order valence-corrected chi connectivity index (χ0v) is 11.6. The number of aryl methyl sites for hydroxylation is 1. The summed E-state index contributed by atoms with van der Waals surface area (Å²) in [6.45, 7) is 11.1. The molecule has 0 saturated carbocycles. The molecule has 0 radical (unpaired) electrons. The summed E-state index contributed by atoms with van der Waals surface area (Å²) in [5.74, 6) is 0. The predicted octanol–water partition coefficient (Wildman–Crippen LogP) is 2.92. The Hall–Kier alpha value is -2.03. The third kappa shape index (κ3) is 5.42. The number of hydrogen-bond acceptors (Lipinski definition) is 1. The quantitative estimate of drug-likeness (QED) is 0.749. The number of hydrogen-bond donors (Lipinski definition) is 1. The number of carbonyl (C=O) groups excluding carboxylic acids is 1. The standard InChI is InChI=1S/C16H22N2O/c1-4-11-18(12-5-2)16(19)17-10-9-15-8-6-7-14(3)13-15/h4-8,13H,1-2,9-12H2,3H3,(H,17,19). The van der Waals surface area contributed by atoms with Crippen molar-refractivity contribution in [3.05, 3.63) is 60.7 Å². The van der Waals surface area contributed by atoms with Crippen molar-refractivity contribution < 1.29 is 4.79 Å². The molecule has 1 N–H and O–H groups in total. The van der Waals surface area contributed by atoms with Crippen molar-refractivity contribution in [3.8, 4) is 0 Å². The van der Waals surface area contributed by atoms with E-state index in [4.69, 9.17) is 0 Å². The van der Waals surface area contributed by atoms with Crippen molar-refractivity contribution in [2.45, 2.75) is 13.3 Å². The molecular weight excluding hydrogens is 236 g/mol. The van der Waals surface area contributed by atoms with E-state index in [-0.39, 0.29) is 6.03 Å². The lowest BCUT2D eigenvalue weighted by atomic mass is 10.1. The van der Waals surface area contributed by atoms with Gasteiger partial charge in [0, 0.05) is 19.6 Å². The van der Waals surface area contributed by atoms with Crippen molar-refractivity contribution in [2.75, 3.05) is 19.6 Å². The molecule has 0 aromatic heterocycles. The fourth-order valence-electron chi connectivity index (χ4n) is 1.85. The van der Waals surface area contributed by atoms with E-state index in [0.29, 0.717) is 19.6 Å². The van der Waals surface area contributed by atoms with Crippen molar-refractivity contribution in [1.29, 1.82) is 0 Å². The second-order valence-corrected chi connectivity index (χ2v) is 4.45. The molecule has 19 heavy (non-hydrogen) atoms. The van der Waals surface area contributed by atoms with E-state index in [9.17, 15) is 4.79 Å². The van der Waals surface area contributed by atoms with Gasteiger partial charge in [0.05, 0.1) is 0 Å². The molecule has 3 heteroatoms. The largest absolute Gasteiger partial charge is 0.338 e. The van der Waals surface area contributed by atoms with E-state index in [1.165, 1.54) is 11.1 Å². The van der Waals surface area contributed by atoms with Gasteiger partial charge in [-0.05, 0) is 18.9 Å². The number of benzene rings is 1. The van der Waals surface area contributed by atoms with E-state index < -0.39 is 0 Å². The topological polar surface area (TPSA) is 32.3 Å². The van der Waals surface area contributed by atoms with E-state index in [0.717, 1.165) is 6.42 Å². The average molecular weight is 258 g/mol. The van der Waals surface area contributed by atoms with Gasteiger partial charge >= 0.3 is 6.03 Å². The van der Waals surface area contributed by atoms with Gasteiger partial charge in [0.2, 0.25) is 0 Å². The molecule has 0 saturated heterocycles. The molecule has 1 aromatic carbocycles. The van der Waals surface area contributed by atoms with Crippen LogP contribution in [0, 0.1) is 6.92 Å². The first-order valence-corrected chi connectivity index (χ1v) is 6.47. The summed E-state index contributed by atoms with van der Waals surface area (Å²) in [7, 11) is 0. The normalized spacial score (nSPS) is 9.74. The number of urea groups is 1. The van der Waals surface area contributed by atoms with E-state index in [2.05, 4.69) is 43.6 Å². The second-order valence-electron chi connectivity index (χ2n) is 4.45. The number of rotatable bonds is 7. The maximum atomic E-state index is 11.9. The molecule has 0 bridgehead atoms. The Balaban J connectivity index is 2.40. The summed E-state index contributed by atoms with van der Waals surface area (Å²) in [6, 6.07) is 8.24. The maximum Gasteiger partial charge on any atom is 0.317 e. The summed E-state index contributed by atoms with van der Waals surface area (Å²) in [4.78, 5) is 13.6. The average Bonchev–Trinajstić information content (AvgIpc) is 2.38. The SMILES string of the molecule is C=CCN(CC=C)C(=O)NCCc1cccc(C)c1. The van der Waals surface area contributed by atoms with E-state index >= 15 is 0 Å². The Labute approximate surface area is 115 Å². The van der Waals surface area contributed by atoms with Crippen molar-refractivity contribution in [3.63, 3.8) is 0 Å². The minimum Gasteiger partial charge on any atom is -0.338 e. The van der Waals surface area contributed by atoms with Crippen LogP contribution in [-0.2, 0) is 6.42 Å². The van der Waals surface area contributed by atoms with E-state index in [1.807, 2.05) is 6.07 Å². The van der Waals surface area contributed by atoms with Crippen LogP contribution in [0.1, 0.15) is 11.1 Å². The molecule has 2 amide bonds. The fraction of sp³-hybridized carbons (Fsp3) is 0.312. The molecule has 0 unspecified atom stereocenters. The molecule has 1 rings (SSSR count). The highest BCUT2D eigenvalue weighted by atomic mass is 16.2. The highest BCUT2D eigenvalue weighted by Crippen LogP contribution is 2.04. The Morgan fingerprint density at radius 2 is 2.00 bits per heavy atom. The molecule has 0 aliphatic carbocycles. The van der Waals surface area contributed by atoms with Gasteiger partial charge in [-0.15, -0.1) is 13.2 Å². The van der Waals surface area contributed by atoms with Crippen LogP contribution >= 0.6 is 0 Å². The fourth-order valence-corrected chi connectivity index (χ4v) is 1.85. The summed E-state index contributed by atoms with van der Waals surface area (Å²) in [5, 5.41) is 2.91. The van der Waals surface area contributed by atoms with Crippen LogP contribution < -0.4 is 5.32 Å². The Morgan fingerprint density at radius 3 is 2.58 bits per heavy atom. The predicted molar refractivity (Wildman–Crippen MR) is 80.2 cm³/mol. The van der Waals surface area contributed by atoms with Crippen LogP contribution in [0.15, 0.2) is 49.6 Å². The Kier molecular flexibility index (Phi) is 6.44. The smallest absolute Gasteiger partial charge is 0.317 e. The zero-order valence-electron chi connectivity index (χ0n) is 11.6. The third-order valence-corrected chi connectivity index (χ3v) is 2.76. The first-order chi connectivity index (χ1) is 9.17. The lowest BCUT2D eigenvalue weighted by Crippen LogP contribution is -2.40. The Bertz CT molecular complexity index is 430. The minimum absolute atomic E-state index is 0.0764. The third-order valence-electron chi connectivity index (χ3n) is 2.76. The van der Waals surface area contributed by atoms with Crippen LogP contribution in [0.25, 0.3) is 0 Å². The van der Waals surface area contributed by atoms with Crippen molar-refractivity contribution >= 4 is 6.03 Å². The van der Waals surface area contributed by atoms with Gasteiger partial charge < -0.3 is 10.2 Å². The number of nitrogens with zero attached hydrogens (tertiary/aromatic N) is 1. The van der Waals surface area contributed by atoms with Gasteiger partial charge in [-0.25, -0.2) is 4.79 Å². The summed E-state index contributed by atoms with van der Waals surface area (Å²) in [5.41, 5.74) is 2.48.